The molecule has 48 valence electrons. The van der Waals surface area contributed by atoms with E-state index < -0.39 is 12.0 Å². The van der Waals surface area contributed by atoms with Crippen LogP contribution in [0.1, 0.15) is 0 Å². The van der Waals surface area contributed by atoms with Gasteiger partial charge in [-0.3, -0.25) is 10.6 Å². The molecule has 0 rings (SSSR count). The fourth-order valence-electron chi connectivity index (χ4n) is 0.240. The Hall–Kier alpha value is -0.650. The zero-order valence-electron chi connectivity index (χ0n) is 4.29. The topological polar surface area (TPSA) is 101 Å². The predicted molar refractivity (Wildman–Crippen MR) is 27.8 cm³/mol. The molecule has 8 heavy (non-hydrogen) atoms. The van der Waals surface area contributed by atoms with E-state index in [0.717, 1.165) is 0 Å². The lowest BCUT2D eigenvalue weighted by Crippen LogP contribution is -2.46. The SMILES string of the molecule is NC[C@H](NN)C(=O)O. The summed E-state index contributed by atoms with van der Waals surface area (Å²) in [5, 5.41) is 8.15. The Balaban J connectivity index is 3.52. The number of carboxylic acids is 1. The van der Waals surface area contributed by atoms with Gasteiger partial charge in [-0.25, -0.2) is 5.43 Å². The van der Waals surface area contributed by atoms with Gasteiger partial charge >= 0.3 is 5.97 Å². The van der Waals surface area contributed by atoms with E-state index in [0.29, 0.717) is 0 Å². The molecule has 0 amide bonds. The van der Waals surface area contributed by atoms with Crippen LogP contribution in [-0.4, -0.2) is 23.7 Å². The molecule has 0 aliphatic rings. The summed E-state index contributed by atoms with van der Waals surface area (Å²) < 4.78 is 0. The third-order valence-corrected chi connectivity index (χ3v) is 0.735. The summed E-state index contributed by atoms with van der Waals surface area (Å²) >= 11 is 0. The van der Waals surface area contributed by atoms with E-state index in [9.17, 15) is 4.79 Å². The number of nitrogens with one attached hydrogen (secondary N) is 1. The molecule has 0 heterocycles. The molecule has 6 N–H and O–H groups in total. The second-order valence-electron chi connectivity index (χ2n) is 1.29. The zero-order valence-corrected chi connectivity index (χ0v) is 4.29. The van der Waals surface area contributed by atoms with E-state index in [2.05, 4.69) is 0 Å². The third-order valence-electron chi connectivity index (χ3n) is 0.735. The second-order valence-corrected chi connectivity index (χ2v) is 1.29. The van der Waals surface area contributed by atoms with Crippen LogP contribution in [0.2, 0.25) is 0 Å². The van der Waals surface area contributed by atoms with Gasteiger partial charge < -0.3 is 10.8 Å². The number of carbonyl (C=O) groups is 1. The highest BCUT2D eigenvalue weighted by molar-refractivity contribution is 5.73. The predicted octanol–water partition coefficient (Wildman–Crippen LogP) is -2.14. The Labute approximate surface area is 46.6 Å². The summed E-state index contributed by atoms with van der Waals surface area (Å²) in [6, 6.07) is -0.824. The van der Waals surface area contributed by atoms with Crippen molar-refractivity contribution >= 4 is 5.97 Å². The van der Waals surface area contributed by atoms with Gasteiger partial charge in [0.25, 0.3) is 0 Å². The van der Waals surface area contributed by atoms with Gasteiger partial charge in [-0.1, -0.05) is 0 Å². The van der Waals surface area contributed by atoms with Crippen molar-refractivity contribution in [3.05, 3.63) is 0 Å². The van der Waals surface area contributed by atoms with Crippen LogP contribution in [0.5, 0.6) is 0 Å². The molecule has 0 aliphatic heterocycles. The summed E-state index contributed by atoms with van der Waals surface area (Å²) in [5.41, 5.74) is 6.99. The van der Waals surface area contributed by atoms with E-state index in [1.165, 1.54) is 0 Å². The molecule has 0 aromatic heterocycles. The molecular formula is C3H9N3O2. The van der Waals surface area contributed by atoms with Crippen LogP contribution in [0.15, 0.2) is 0 Å². The maximum Gasteiger partial charge on any atom is 0.323 e. The van der Waals surface area contributed by atoms with Crippen molar-refractivity contribution < 1.29 is 9.90 Å². The number of aliphatic carboxylic acids is 1. The molecule has 1 atom stereocenters. The van der Waals surface area contributed by atoms with Crippen LogP contribution >= 0.6 is 0 Å². The molecule has 0 spiro atoms. The van der Waals surface area contributed by atoms with Crippen molar-refractivity contribution in [2.24, 2.45) is 11.6 Å². The largest absolute Gasteiger partial charge is 0.480 e. The number of nitrogens with two attached hydrogens (primary N) is 2. The van der Waals surface area contributed by atoms with Crippen molar-refractivity contribution in [2.75, 3.05) is 6.54 Å². The van der Waals surface area contributed by atoms with Gasteiger partial charge in [0.15, 0.2) is 0 Å². The van der Waals surface area contributed by atoms with E-state index >= 15 is 0 Å². The van der Waals surface area contributed by atoms with Crippen LogP contribution in [0.4, 0.5) is 0 Å². The minimum absolute atomic E-state index is 0.00579. The minimum atomic E-state index is -1.03. The summed E-state index contributed by atoms with van der Waals surface area (Å²) in [6.45, 7) is 0.00579. The smallest absolute Gasteiger partial charge is 0.323 e. The quantitative estimate of drug-likeness (QED) is 0.251. The highest BCUT2D eigenvalue weighted by Gasteiger charge is 2.10. The Bertz CT molecular complexity index is 80.6. The molecule has 5 nitrogen and oxygen atoms in total. The lowest BCUT2D eigenvalue weighted by atomic mass is 10.3. The van der Waals surface area contributed by atoms with E-state index in [4.69, 9.17) is 16.7 Å². The summed E-state index contributed by atoms with van der Waals surface area (Å²) in [6.07, 6.45) is 0. The molecular weight excluding hydrogens is 110 g/mol. The van der Waals surface area contributed by atoms with E-state index in [-0.39, 0.29) is 6.54 Å². The monoisotopic (exact) mass is 119 g/mol. The van der Waals surface area contributed by atoms with Crippen molar-refractivity contribution in [3.8, 4) is 0 Å². The van der Waals surface area contributed by atoms with Crippen LogP contribution in [0, 0.1) is 0 Å². The number of carboxylic acid groups (broad SMARTS) is 1. The molecule has 0 fully saturated rings. The van der Waals surface area contributed by atoms with Gasteiger partial charge in [0, 0.05) is 6.54 Å². The third kappa shape index (κ3) is 1.87. The average molecular weight is 119 g/mol. The number of hydrogen-bond donors (Lipinski definition) is 4. The van der Waals surface area contributed by atoms with Gasteiger partial charge in [0.05, 0.1) is 0 Å². The molecule has 0 saturated carbocycles. The van der Waals surface area contributed by atoms with Crippen molar-refractivity contribution in [3.63, 3.8) is 0 Å². The second kappa shape index (κ2) is 3.36. The normalized spacial score (nSPS) is 13.2. The Kier molecular flexibility index (Phi) is 3.09. The van der Waals surface area contributed by atoms with Crippen molar-refractivity contribution in [1.82, 2.24) is 5.43 Å². The molecule has 0 unspecified atom stereocenters. The fourth-order valence-corrected chi connectivity index (χ4v) is 0.240. The van der Waals surface area contributed by atoms with Crippen LogP contribution in [0.25, 0.3) is 0 Å². The number of rotatable bonds is 3. The first-order valence-corrected chi connectivity index (χ1v) is 2.11. The lowest BCUT2D eigenvalue weighted by Gasteiger charge is -2.04. The summed E-state index contributed by atoms with van der Waals surface area (Å²) in [7, 11) is 0. The zero-order chi connectivity index (χ0) is 6.57. The first kappa shape index (κ1) is 7.35. The minimum Gasteiger partial charge on any atom is -0.480 e. The molecule has 0 aromatic rings. The lowest BCUT2D eigenvalue weighted by molar-refractivity contribution is -0.139. The highest BCUT2D eigenvalue weighted by atomic mass is 16.4. The first-order chi connectivity index (χ1) is 3.72. The van der Waals surface area contributed by atoms with E-state index in [1.807, 2.05) is 5.43 Å². The van der Waals surface area contributed by atoms with Crippen LogP contribution < -0.4 is 17.0 Å². The molecule has 5 heteroatoms. The molecule has 0 bridgehead atoms. The van der Waals surface area contributed by atoms with Crippen molar-refractivity contribution in [1.29, 1.82) is 0 Å². The van der Waals surface area contributed by atoms with Gasteiger partial charge in [-0.05, 0) is 0 Å². The Morgan fingerprint density at radius 3 is 2.38 bits per heavy atom. The maximum absolute atomic E-state index is 9.94. The van der Waals surface area contributed by atoms with Gasteiger partial charge in [0.1, 0.15) is 6.04 Å². The molecule has 0 radical (unpaired) electrons. The van der Waals surface area contributed by atoms with Gasteiger partial charge in [0.2, 0.25) is 0 Å². The molecule has 0 saturated heterocycles. The molecule has 0 aromatic carbocycles. The van der Waals surface area contributed by atoms with Gasteiger partial charge in [-0.2, -0.15) is 0 Å². The molecule has 0 aliphatic carbocycles. The first-order valence-electron chi connectivity index (χ1n) is 2.11. The Morgan fingerprint density at radius 1 is 1.88 bits per heavy atom. The Morgan fingerprint density at radius 2 is 2.38 bits per heavy atom. The standard InChI is InChI=1S/C3H9N3O2/c4-1-2(6-5)3(7)8/h2,6H,1,4-5H2,(H,7,8)/t2-/m0/s1. The summed E-state index contributed by atoms with van der Waals surface area (Å²) in [4.78, 5) is 9.94. The maximum atomic E-state index is 9.94. The van der Waals surface area contributed by atoms with Crippen LogP contribution in [-0.2, 0) is 4.79 Å². The van der Waals surface area contributed by atoms with Crippen LogP contribution in [0.3, 0.4) is 0 Å². The summed E-state index contributed by atoms with van der Waals surface area (Å²) in [5.74, 6) is 3.74. The highest BCUT2D eigenvalue weighted by Crippen LogP contribution is 1.73. The number of hydrogen-bond acceptors (Lipinski definition) is 4. The average Bonchev–Trinajstić information content (AvgIpc) is 1.69. The van der Waals surface area contributed by atoms with Gasteiger partial charge in [-0.15, -0.1) is 0 Å². The fraction of sp³-hybridized carbons (Fsp3) is 0.667. The number of hydrazine groups is 1. The van der Waals surface area contributed by atoms with Crippen molar-refractivity contribution in [2.45, 2.75) is 6.04 Å². The van der Waals surface area contributed by atoms with E-state index in [1.54, 1.807) is 0 Å².